The Hall–Kier alpha value is -7.30. The molecule has 0 fully saturated rings. The van der Waals surface area contributed by atoms with E-state index >= 15 is 0 Å². The molecule has 0 unspecified atom stereocenters. The average Bonchev–Trinajstić information content (AvgIpc) is 3.58. The predicted octanol–water partition coefficient (Wildman–Crippen LogP) is 12.9. The van der Waals surface area contributed by atoms with E-state index in [4.69, 9.17) is 15.0 Å². The van der Waals surface area contributed by atoms with Gasteiger partial charge in [-0.25, -0.2) is 15.0 Å². The lowest BCUT2D eigenvalue weighted by Gasteiger charge is -2.34. The van der Waals surface area contributed by atoms with Gasteiger partial charge in [-0.15, -0.1) is 0 Å². The number of nitrogens with zero attached hydrogens (tertiary/aromatic N) is 4. The first kappa shape index (κ1) is 35.1. The zero-order valence-corrected chi connectivity index (χ0v) is 32.7. The van der Waals surface area contributed by atoms with Crippen molar-refractivity contribution in [3.63, 3.8) is 0 Å². The number of benzene rings is 7. The Morgan fingerprint density at radius 2 is 0.897 bits per heavy atom. The highest BCUT2D eigenvalue weighted by Crippen LogP contribution is 2.56. The Morgan fingerprint density at radius 1 is 0.362 bits per heavy atom. The third-order valence-corrected chi connectivity index (χ3v) is 11.6. The summed E-state index contributed by atoms with van der Waals surface area (Å²) in [5.74, 6) is 1.99. The van der Waals surface area contributed by atoms with Crippen LogP contribution in [0.15, 0.2) is 188 Å². The molecule has 276 valence electrons. The molecule has 0 saturated carbocycles. The van der Waals surface area contributed by atoms with E-state index < -0.39 is 5.41 Å². The van der Waals surface area contributed by atoms with Crippen molar-refractivity contribution in [1.29, 1.82) is 0 Å². The summed E-state index contributed by atoms with van der Waals surface area (Å²) in [5.41, 5.74) is 17.9. The van der Waals surface area contributed by atoms with E-state index in [0.29, 0.717) is 17.5 Å². The lowest BCUT2D eigenvalue weighted by molar-refractivity contribution is 0.768. The minimum atomic E-state index is -0.577. The molecular weight excluding hydrogens is 705 g/mol. The number of pyridine rings is 1. The standard InChI is InChI=1S/C54H40N4/c1-35-31-49(36(2)55-34-35)43-16-11-15-42(32-43)40-27-29-45(30-28-40)54(50-21-9-7-19-47(50)48-20-8-10-22-51(48)54)46-18-12-17-44(33-46)53-57-37(3)56-52(58-53)41-25-23-39(24-26-41)38-13-5-4-6-14-38/h4-34H,1-3H3. The van der Waals surface area contributed by atoms with Crippen LogP contribution in [0.3, 0.4) is 0 Å². The van der Waals surface area contributed by atoms with Gasteiger partial charge < -0.3 is 0 Å². The fourth-order valence-electron chi connectivity index (χ4n) is 8.81. The number of fused-ring (bicyclic) bond motifs is 3. The van der Waals surface area contributed by atoms with Crippen LogP contribution in [0.4, 0.5) is 0 Å². The minimum absolute atomic E-state index is 0.577. The normalized spacial score (nSPS) is 12.5. The average molecular weight is 745 g/mol. The van der Waals surface area contributed by atoms with E-state index in [1.54, 1.807) is 0 Å². The predicted molar refractivity (Wildman–Crippen MR) is 236 cm³/mol. The summed E-state index contributed by atoms with van der Waals surface area (Å²) in [5, 5.41) is 0. The lowest BCUT2D eigenvalue weighted by atomic mass is 9.67. The molecule has 0 spiro atoms. The molecule has 0 N–H and O–H groups in total. The van der Waals surface area contributed by atoms with Crippen molar-refractivity contribution < 1.29 is 0 Å². The van der Waals surface area contributed by atoms with Gasteiger partial charge in [0, 0.05) is 28.6 Å². The lowest BCUT2D eigenvalue weighted by Crippen LogP contribution is -2.28. The molecule has 0 bridgehead atoms. The number of rotatable bonds is 7. The Balaban J connectivity index is 1.09. The minimum Gasteiger partial charge on any atom is -0.261 e. The van der Waals surface area contributed by atoms with Crippen molar-refractivity contribution in [2.45, 2.75) is 26.2 Å². The molecule has 2 heterocycles. The van der Waals surface area contributed by atoms with Crippen molar-refractivity contribution in [3.05, 3.63) is 228 Å². The maximum absolute atomic E-state index is 5.09. The molecule has 0 atom stereocenters. The monoisotopic (exact) mass is 744 g/mol. The first-order chi connectivity index (χ1) is 28.5. The Bertz CT molecular complexity index is 2920. The van der Waals surface area contributed by atoms with E-state index in [1.807, 2.05) is 19.2 Å². The van der Waals surface area contributed by atoms with Gasteiger partial charge in [-0.1, -0.05) is 164 Å². The van der Waals surface area contributed by atoms with Crippen LogP contribution in [0.5, 0.6) is 0 Å². The van der Waals surface area contributed by atoms with E-state index in [2.05, 4.69) is 195 Å². The summed E-state index contributed by atoms with van der Waals surface area (Å²) in [7, 11) is 0. The molecule has 1 aliphatic rings. The summed E-state index contributed by atoms with van der Waals surface area (Å²) in [6.07, 6.45) is 1.93. The first-order valence-electron chi connectivity index (χ1n) is 19.8. The van der Waals surface area contributed by atoms with Gasteiger partial charge in [-0.05, 0) is 106 Å². The van der Waals surface area contributed by atoms with Gasteiger partial charge >= 0.3 is 0 Å². The summed E-state index contributed by atoms with van der Waals surface area (Å²) < 4.78 is 0. The van der Waals surface area contributed by atoms with Crippen molar-refractivity contribution in [2.75, 3.05) is 0 Å². The quantitative estimate of drug-likeness (QED) is 0.163. The summed E-state index contributed by atoms with van der Waals surface area (Å²) in [6, 6.07) is 65.6. The van der Waals surface area contributed by atoms with Gasteiger partial charge in [0.15, 0.2) is 11.6 Å². The van der Waals surface area contributed by atoms with Crippen LogP contribution in [0.2, 0.25) is 0 Å². The maximum atomic E-state index is 5.09. The molecule has 4 nitrogen and oxygen atoms in total. The topological polar surface area (TPSA) is 51.6 Å². The fourth-order valence-corrected chi connectivity index (χ4v) is 8.81. The van der Waals surface area contributed by atoms with Crippen molar-refractivity contribution in [3.8, 4) is 67.3 Å². The molecule has 1 aliphatic carbocycles. The molecule has 0 amide bonds. The smallest absolute Gasteiger partial charge is 0.163 e. The Morgan fingerprint density at radius 3 is 1.62 bits per heavy atom. The molecule has 4 heteroatoms. The highest BCUT2D eigenvalue weighted by atomic mass is 15.0. The molecule has 58 heavy (non-hydrogen) atoms. The fraction of sp³-hybridized carbons (Fsp3) is 0.0741. The van der Waals surface area contributed by atoms with Gasteiger partial charge in [0.1, 0.15) is 5.82 Å². The molecule has 10 rings (SSSR count). The van der Waals surface area contributed by atoms with Gasteiger partial charge in [-0.3, -0.25) is 4.98 Å². The summed E-state index contributed by atoms with van der Waals surface area (Å²) >= 11 is 0. The summed E-state index contributed by atoms with van der Waals surface area (Å²) in [4.78, 5) is 19.4. The van der Waals surface area contributed by atoms with Crippen LogP contribution in [0.25, 0.3) is 67.3 Å². The van der Waals surface area contributed by atoms with Crippen LogP contribution in [0, 0.1) is 20.8 Å². The van der Waals surface area contributed by atoms with Crippen molar-refractivity contribution in [2.24, 2.45) is 0 Å². The summed E-state index contributed by atoms with van der Waals surface area (Å²) in [6.45, 7) is 6.11. The highest BCUT2D eigenvalue weighted by Gasteiger charge is 2.46. The molecule has 2 aromatic heterocycles. The zero-order chi connectivity index (χ0) is 39.2. The zero-order valence-electron chi connectivity index (χ0n) is 32.7. The molecule has 0 aliphatic heterocycles. The second kappa shape index (κ2) is 14.3. The van der Waals surface area contributed by atoms with Gasteiger partial charge in [-0.2, -0.15) is 0 Å². The van der Waals surface area contributed by atoms with Gasteiger partial charge in [0.05, 0.1) is 5.41 Å². The third kappa shape index (κ3) is 6.02. The van der Waals surface area contributed by atoms with Crippen LogP contribution >= 0.6 is 0 Å². The molecular formula is C54H40N4. The molecule has 0 saturated heterocycles. The van der Waals surface area contributed by atoms with Crippen LogP contribution in [-0.2, 0) is 5.41 Å². The first-order valence-corrected chi connectivity index (χ1v) is 19.8. The van der Waals surface area contributed by atoms with E-state index in [1.165, 1.54) is 44.5 Å². The maximum Gasteiger partial charge on any atom is 0.163 e. The van der Waals surface area contributed by atoms with E-state index in [9.17, 15) is 0 Å². The molecule has 9 aromatic rings. The van der Waals surface area contributed by atoms with Crippen LogP contribution < -0.4 is 0 Å². The largest absolute Gasteiger partial charge is 0.261 e. The number of aromatic nitrogens is 4. The van der Waals surface area contributed by atoms with Crippen molar-refractivity contribution in [1.82, 2.24) is 19.9 Å². The second-order valence-corrected chi connectivity index (χ2v) is 15.2. The third-order valence-electron chi connectivity index (χ3n) is 11.6. The van der Waals surface area contributed by atoms with Crippen molar-refractivity contribution >= 4 is 0 Å². The Kier molecular flexibility index (Phi) is 8.68. The van der Waals surface area contributed by atoms with Gasteiger partial charge in [0.2, 0.25) is 0 Å². The Labute approximate surface area is 339 Å². The van der Waals surface area contributed by atoms with Crippen LogP contribution in [0.1, 0.15) is 39.3 Å². The van der Waals surface area contributed by atoms with Gasteiger partial charge in [0.25, 0.3) is 0 Å². The second-order valence-electron chi connectivity index (χ2n) is 15.2. The number of hydrogen-bond donors (Lipinski definition) is 0. The van der Waals surface area contributed by atoms with E-state index in [0.717, 1.165) is 44.6 Å². The number of hydrogen-bond acceptors (Lipinski definition) is 4. The number of aryl methyl sites for hydroxylation is 3. The van der Waals surface area contributed by atoms with E-state index in [-0.39, 0.29) is 0 Å². The molecule has 7 aromatic carbocycles. The van der Waals surface area contributed by atoms with Crippen LogP contribution in [-0.4, -0.2) is 19.9 Å². The molecule has 0 radical (unpaired) electrons. The SMILES string of the molecule is Cc1cnc(C)c(-c2cccc(-c3ccc(C4(c5cccc(-c6nc(C)nc(-c7ccc(-c8ccccc8)cc7)n6)c5)c5ccccc5-c5ccccc54)cc3)c2)c1. The highest BCUT2D eigenvalue weighted by molar-refractivity contribution is 5.87.